The van der Waals surface area contributed by atoms with Gasteiger partial charge in [-0.05, 0) is 37.8 Å². The molecule has 20 heavy (non-hydrogen) atoms. The molecular formula is C19H22O. The van der Waals surface area contributed by atoms with Gasteiger partial charge in [-0.1, -0.05) is 54.7 Å². The van der Waals surface area contributed by atoms with Crippen LogP contribution in [0.4, 0.5) is 0 Å². The molecule has 0 heterocycles. The van der Waals surface area contributed by atoms with Crippen LogP contribution >= 0.6 is 0 Å². The number of hydrogen-bond donors (Lipinski definition) is 0. The number of rotatable bonds is 4. The smallest absolute Gasteiger partial charge is 0.134 e. The predicted octanol–water partition coefficient (Wildman–Crippen LogP) is 5.41. The van der Waals surface area contributed by atoms with Gasteiger partial charge < -0.3 is 4.74 Å². The Morgan fingerprint density at radius 3 is 2.65 bits per heavy atom. The van der Waals surface area contributed by atoms with Crippen LogP contribution in [-0.2, 0) is 0 Å². The number of benzene rings is 1. The van der Waals surface area contributed by atoms with Gasteiger partial charge in [0.2, 0.25) is 0 Å². The molecule has 1 aromatic rings. The van der Waals surface area contributed by atoms with E-state index in [2.05, 4.69) is 61.6 Å². The van der Waals surface area contributed by atoms with Crippen molar-refractivity contribution in [1.82, 2.24) is 0 Å². The molecule has 0 aromatic heterocycles. The summed E-state index contributed by atoms with van der Waals surface area (Å²) in [6, 6.07) is 6.35. The Balaban J connectivity index is 2.55. The van der Waals surface area contributed by atoms with Crippen molar-refractivity contribution in [2.75, 3.05) is 7.11 Å². The third kappa shape index (κ3) is 2.93. The van der Waals surface area contributed by atoms with Gasteiger partial charge in [-0.3, -0.25) is 0 Å². The van der Waals surface area contributed by atoms with E-state index in [0.29, 0.717) is 0 Å². The van der Waals surface area contributed by atoms with Crippen molar-refractivity contribution >= 4 is 11.1 Å². The van der Waals surface area contributed by atoms with Crippen molar-refractivity contribution in [3.63, 3.8) is 0 Å². The van der Waals surface area contributed by atoms with E-state index >= 15 is 0 Å². The molecule has 104 valence electrons. The number of para-hydroxylation sites is 1. The van der Waals surface area contributed by atoms with Crippen LogP contribution in [-0.4, -0.2) is 7.11 Å². The predicted molar refractivity (Wildman–Crippen MR) is 87.8 cm³/mol. The van der Waals surface area contributed by atoms with E-state index in [-0.39, 0.29) is 0 Å². The average Bonchev–Trinajstić information content (AvgIpc) is 2.52. The van der Waals surface area contributed by atoms with Gasteiger partial charge >= 0.3 is 0 Å². The monoisotopic (exact) mass is 266 g/mol. The van der Waals surface area contributed by atoms with E-state index in [1.807, 2.05) is 6.92 Å². The number of ether oxygens (including phenoxy) is 1. The Morgan fingerprint density at radius 2 is 2.05 bits per heavy atom. The molecule has 0 atom stereocenters. The molecule has 0 aliphatic heterocycles. The molecule has 0 fully saturated rings. The summed E-state index contributed by atoms with van der Waals surface area (Å²) >= 11 is 0. The van der Waals surface area contributed by atoms with Crippen LogP contribution in [0, 0.1) is 0 Å². The molecule has 0 radical (unpaired) electrons. The molecular weight excluding hydrogens is 244 g/mol. The van der Waals surface area contributed by atoms with Crippen LogP contribution in [0.15, 0.2) is 54.7 Å². The first kappa shape index (κ1) is 14.4. The van der Waals surface area contributed by atoms with Crippen molar-refractivity contribution in [3.05, 3.63) is 65.8 Å². The minimum atomic E-state index is 0.955. The average molecular weight is 266 g/mol. The highest BCUT2D eigenvalue weighted by atomic mass is 16.5. The first-order valence-corrected chi connectivity index (χ1v) is 7.15. The highest BCUT2D eigenvalue weighted by Gasteiger charge is 2.13. The van der Waals surface area contributed by atoms with Crippen LogP contribution in [0.5, 0.6) is 5.75 Å². The quantitative estimate of drug-likeness (QED) is 0.662. The van der Waals surface area contributed by atoms with Crippen molar-refractivity contribution in [3.8, 4) is 5.75 Å². The lowest BCUT2D eigenvalue weighted by Crippen LogP contribution is -1.97. The lowest BCUT2D eigenvalue weighted by molar-refractivity contribution is 0.412. The fourth-order valence-electron chi connectivity index (χ4n) is 2.55. The van der Waals surface area contributed by atoms with Crippen molar-refractivity contribution < 1.29 is 4.74 Å². The molecule has 2 rings (SSSR count). The second kappa shape index (κ2) is 6.95. The second-order valence-electron chi connectivity index (χ2n) is 4.77. The summed E-state index contributed by atoms with van der Waals surface area (Å²) in [5, 5.41) is 0. The molecule has 1 nitrogen and oxygen atoms in total. The largest absolute Gasteiger partial charge is 0.495 e. The number of hydrogen-bond acceptors (Lipinski definition) is 1. The maximum atomic E-state index is 5.71. The fourth-order valence-corrected chi connectivity index (χ4v) is 2.55. The van der Waals surface area contributed by atoms with Gasteiger partial charge in [0.1, 0.15) is 5.75 Å². The topological polar surface area (TPSA) is 9.23 Å². The molecule has 1 aliphatic carbocycles. The minimum absolute atomic E-state index is 0.955. The highest BCUT2D eigenvalue weighted by molar-refractivity contribution is 5.85. The lowest BCUT2D eigenvalue weighted by atomic mass is 9.94. The Hall–Kier alpha value is -2.02. The van der Waals surface area contributed by atoms with E-state index < -0.39 is 0 Å². The first-order chi connectivity index (χ1) is 9.81. The molecule has 0 spiro atoms. The summed E-state index contributed by atoms with van der Waals surface area (Å²) in [6.45, 7) is 4.09. The SMILES string of the molecule is C/C=C\C(=C/C)c1cccc(C2=CCCC=C2)c1OC. The van der Waals surface area contributed by atoms with Gasteiger partial charge in [0, 0.05) is 11.1 Å². The lowest BCUT2D eigenvalue weighted by Gasteiger charge is -2.16. The minimum Gasteiger partial charge on any atom is -0.495 e. The van der Waals surface area contributed by atoms with Crippen LogP contribution in [0.25, 0.3) is 11.1 Å². The van der Waals surface area contributed by atoms with Gasteiger partial charge in [-0.25, -0.2) is 0 Å². The molecule has 1 heteroatoms. The zero-order chi connectivity index (χ0) is 14.4. The molecule has 0 N–H and O–H groups in total. The Kier molecular flexibility index (Phi) is 5.00. The van der Waals surface area contributed by atoms with E-state index in [1.165, 1.54) is 16.7 Å². The first-order valence-electron chi connectivity index (χ1n) is 7.15. The van der Waals surface area contributed by atoms with Crippen LogP contribution in [0.1, 0.15) is 37.8 Å². The number of methoxy groups -OCH3 is 1. The molecule has 1 aromatic carbocycles. The van der Waals surface area contributed by atoms with Gasteiger partial charge in [-0.15, -0.1) is 0 Å². The highest BCUT2D eigenvalue weighted by Crippen LogP contribution is 2.36. The van der Waals surface area contributed by atoms with Gasteiger partial charge in [0.25, 0.3) is 0 Å². The molecule has 0 unspecified atom stereocenters. The summed E-state index contributed by atoms with van der Waals surface area (Å²) in [5.41, 5.74) is 4.76. The van der Waals surface area contributed by atoms with Crippen LogP contribution in [0.3, 0.4) is 0 Å². The third-order valence-electron chi connectivity index (χ3n) is 3.49. The van der Waals surface area contributed by atoms with Gasteiger partial charge in [0.15, 0.2) is 0 Å². The molecule has 0 bridgehead atoms. The van der Waals surface area contributed by atoms with Crippen molar-refractivity contribution in [2.24, 2.45) is 0 Å². The maximum absolute atomic E-state index is 5.71. The summed E-state index contributed by atoms with van der Waals surface area (Å²) in [6.07, 6.45) is 15.2. The van der Waals surface area contributed by atoms with E-state index in [0.717, 1.165) is 24.2 Å². The third-order valence-corrected chi connectivity index (χ3v) is 3.49. The van der Waals surface area contributed by atoms with Gasteiger partial charge in [-0.2, -0.15) is 0 Å². The van der Waals surface area contributed by atoms with E-state index in [4.69, 9.17) is 4.74 Å². The van der Waals surface area contributed by atoms with Crippen molar-refractivity contribution in [2.45, 2.75) is 26.7 Å². The van der Waals surface area contributed by atoms with E-state index in [1.54, 1.807) is 7.11 Å². The summed E-state index contributed by atoms with van der Waals surface area (Å²) in [4.78, 5) is 0. The van der Waals surface area contributed by atoms with Crippen LogP contribution in [0.2, 0.25) is 0 Å². The van der Waals surface area contributed by atoms with Gasteiger partial charge in [0.05, 0.1) is 7.11 Å². The summed E-state index contributed by atoms with van der Waals surface area (Å²) in [7, 11) is 1.75. The maximum Gasteiger partial charge on any atom is 0.134 e. The Morgan fingerprint density at radius 1 is 1.20 bits per heavy atom. The molecule has 0 saturated heterocycles. The Labute approximate surface area is 122 Å². The molecule has 0 amide bonds. The zero-order valence-electron chi connectivity index (χ0n) is 12.5. The Bertz CT molecular complexity index is 564. The summed E-state index contributed by atoms with van der Waals surface area (Å²) in [5.74, 6) is 0.955. The van der Waals surface area contributed by atoms with Crippen LogP contribution < -0.4 is 4.74 Å². The normalized spacial score (nSPS) is 15.6. The van der Waals surface area contributed by atoms with E-state index in [9.17, 15) is 0 Å². The zero-order valence-corrected chi connectivity index (χ0v) is 12.5. The second-order valence-corrected chi connectivity index (χ2v) is 4.77. The fraction of sp³-hybridized carbons (Fsp3) is 0.263. The number of allylic oxidation sites excluding steroid dienone is 8. The molecule has 1 aliphatic rings. The molecule has 0 saturated carbocycles. The standard InChI is InChI=1S/C19H22O/c1-4-10-15(5-2)17-13-9-14-18(19(17)20-3)16-11-7-6-8-12-16/h4-5,7,9-14H,6,8H2,1-3H3/b10-4-,15-5+. The van der Waals surface area contributed by atoms with Crippen molar-refractivity contribution in [1.29, 1.82) is 0 Å². The summed E-state index contributed by atoms with van der Waals surface area (Å²) < 4.78 is 5.71.